The standard InChI is InChI=1S/C17H20ClNO/c1-4-20-16-8-6-5-7-13(16)17(19)14-9-11(2)12(3)10-15(14)18/h5-10,17H,4,19H2,1-3H3. The third-order valence-electron chi connectivity index (χ3n) is 3.50. The highest BCUT2D eigenvalue weighted by molar-refractivity contribution is 6.31. The van der Waals surface area contributed by atoms with E-state index in [-0.39, 0.29) is 6.04 Å². The summed E-state index contributed by atoms with van der Waals surface area (Å²) in [6.45, 7) is 6.69. The van der Waals surface area contributed by atoms with E-state index in [1.807, 2.05) is 44.2 Å². The van der Waals surface area contributed by atoms with Crippen LogP contribution in [0.1, 0.15) is 35.2 Å². The second-order valence-corrected chi connectivity index (χ2v) is 5.31. The van der Waals surface area contributed by atoms with Crippen LogP contribution in [0, 0.1) is 13.8 Å². The number of ether oxygens (including phenoxy) is 1. The van der Waals surface area contributed by atoms with Crippen LogP contribution in [0.2, 0.25) is 5.02 Å². The Balaban J connectivity index is 2.46. The Morgan fingerprint density at radius 2 is 1.75 bits per heavy atom. The van der Waals surface area contributed by atoms with Crippen molar-refractivity contribution in [3.8, 4) is 5.75 Å². The van der Waals surface area contributed by atoms with Gasteiger partial charge in [-0.3, -0.25) is 0 Å². The molecule has 106 valence electrons. The van der Waals surface area contributed by atoms with Gasteiger partial charge in [0.05, 0.1) is 12.6 Å². The van der Waals surface area contributed by atoms with Gasteiger partial charge in [-0.25, -0.2) is 0 Å². The Hall–Kier alpha value is -1.51. The van der Waals surface area contributed by atoms with Crippen LogP contribution in [-0.2, 0) is 0 Å². The summed E-state index contributed by atoms with van der Waals surface area (Å²) >= 11 is 6.35. The number of para-hydroxylation sites is 1. The van der Waals surface area contributed by atoms with Crippen molar-refractivity contribution in [2.45, 2.75) is 26.8 Å². The molecular formula is C17H20ClNO. The van der Waals surface area contributed by atoms with Gasteiger partial charge in [0.25, 0.3) is 0 Å². The van der Waals surface area contributed by atoms with Crippen LogP contribution in [0.5, 0.6) is 5.75 Å². The summed E-state index contributed by atoms with van der Waals surface area (Å²) in [5, 5.41) is 0.701. The zero-order chi connectivity index (χ0) is 14.7. The minimum atomic E-state index is -0.287. The lowest BCUT2D eigenvalue weighted by atomic mass is 9.95. The molecule has 2 aromatic carbocycles. The normalized spacial score (nSPS) is 12.2. The molecule has 0 aliphatic rings. The van der Waals surface area contributed by atoms with E-state index in [1.54, 1.807) is 0 Å². The van der Waals surface area contributed by atoms with Gasteiger partial charge in [0.2, 0.25) is 0 Å². The third-order valence-corrected chi connectivity index (χ3v) is 3.83. The van der Waals surface area contributed by atoms with E-state index >= 15 is 0 Å². The zero-order valence-corrected chi connectivity index (χ0v) is 12.9. The van der Waals surface area contributed by atoms with Gasteiger partial charge in [-0.05, 0) is 49.6 Å². The average Bonchev–Trinajstić information content (AvgIpc) is 2.43. The third kappa shape index (κ3) is 2.97. The highest BCUT2D eigenvalue weighted by atomic mass is 35.5. The molecule has 2 aromatic rings. The van der Waals surface area contributed by atoms with Crippen LogP contribution < -0.4 is 10.5 Å². The summed E-state index contributed by atoms with van der Waals surface area (Å²) in [5.74, 6) is 0.816. The first-order chi connectivity index (χ1) is 9.54. The molecule has 0 amide bonds. The molecule has 0 aliphatic heterocycles. The SMILES string of the molecule is CCOc1ccccc1C(N)c1cc(C)c(C)cc1Cl. The van der Waals surface area contributed by atoms with Gasteiger partial charge in [-0.1, -0.05) is 35.9 Å². The molecule has 0 aliphatic carbocycles. The van der Waals surface area contributed by atoms with Crippen LogP contribution >= 0.6 is 11.6 Å². The second kappa shape index (κ2) is 6.29. The summed E-state index contributed by atoms with van der Waals surface area (Å²) in [4.78, 5) is 0. The van der Waals surface area contributed by atoms with Crippen LogP contribution in [0.3, 0.4) is 0 Å². The molecule has 3 heteroatoms. The van der Waals surface area contributed by atoms with E-state index in [4.69, 9.17) is 22.1 Å². The molecule has 0 radical (unpaired) electrons. The maximum Gasteiger partial charge on any atom is 0.124 e. The summed E-state index contributed by atoms with van der Waals surface area (Å²) in [5.41, 5.74) is 10.7. The Bertz CT molecular complexity index is 610. The number of aryl methyl sites for hydroxylation is 2. The Kier molecular flexibility index (Phi) is 4.69. The molecule has 1 unspecified atom stereocenters. The van der Waals surface area contributed by atoms with Crippen molar-refractivity contribution in [3.63, 3.8) is 0 Å². The topological polar surface area (TPSA) is 35.2 Å². The quantitative estimate of drug-likeness (QED) is 0.905. The monoisotopic (exact) mass is 289 g/mol. The number of nitrogens with two attached hydrogens (primary N) is 1. The smallest absolute Gasteiger partial charge is 0.124 e. The molecule has 0 saturated heterocycles. The lowest BCUT2D eigenvalue weighted by Gasteiger charge is -2.19. The Morgan fingerprint density at radius 3 is 2.45 bits per heavy atom. The van der Waals surface area contributed by atoms with E-state index in [9.17, 15) is 0 Å². The fraction of sp³-hybridized carbons (Fsp3) is 0.294. The highest BCUT2D eigenvalue weighted by Gasteiger charge is 2.17. The number of benzene rings is 2. The predicted molar refractivity (Wildman–Crippen MR) is 84.6 cm³/mol. The molecule has 1 atom stereocenters. The largest absolute Gasteiger partial charge is 0.494 e. The van der Waals surface area contributed by atoms with E-state index in [2.05, 4.69) is 13.0 Å². The minimum absolute atomic E-state index is 0.287. The fourth-order valence-corrected chi connectivity index (χ4v) is 2.57. The van der Waals surface area contributed by atoms with Crippen LogP contribution in [0.25, 0.3) is 0 Å². The summed E-state index contributed by atoms with van der Waals surface area (Å²) in [6.07, 6.45) is 0. The molecule has 0 heterocycles. The first-order valence-corrected chi connectivity index (χ1v) is 7.16. The molecule has 2 N–H and O–H groups in total. The van der Waals surface area contributed by atoms with Gasteiger partial charge in [-0.15, -0.1) is 0 Å². The maximum absolute atomic E-state index is 6.40. The number of rotatable bonds is 4. The first-order valence-electron chi connectivity index (χ1n) is 6.78. The number of halogens is 1. The lowest BCUT2D eigenvalue weighted by Crippen LogP contribution is -2.14. The summed E-state index contributed by atoms with van der Waals surface area (Å²) in [6, 6.07) is 11.6. The minimum Gasteiger partial charge on any atom is -0.494 e. The van der Waals surface area contributed by atoms with Crippen molar-refractivity contribution in [3.05, 3.63) is 63.7 Å². The zero-order valence-electron chi connectivity index (χ0n) is 12.1. The maximum atomic E-state index is 6.40. The molecule has 0 bridgehead atoms. The fourth-order valence-electron chi connectivity index (χ4n) is 2.23. The van der Waals surface area contributed by atoms with E-state index in [1.165, 1.54) is 11.1 Å². The van der Waals surface area contributed by atoms with Crippen LogP contribution in [-0.4, -0.2) is 6.61 Å². The lowest BCUT2D eigenvalue weighted by molar-refractivity contribution is 0.335. The van der Waals surface area contributed by atoms with Crippen molar-refractivity contribution in [2.24, 2.45) is 5.73 Å². The molecule has 0 saturated carbocycles. The van der Waals surface area contributed by atoms with Gasteiger partial charge in [0.15, 0.2) is 0 Å². The van der Waals surface area contributed by atoms with Gasteiger partial charge in [-0.2, -0.15) is 0 Å². The second-order valence-electron chi connectivity index (χ2n) is 4.91. The molecule has 2 rings (SSSR count). The van der Waals surface area contributed by atoms with Crippen molar-refractivity contribution in [1.82, 2.24) is 0 Å². The molecule has 2 nitrogen and oxygen atoms in total. The van der Waals surface area contributed by atoms with Gasteiger partial charge >= 0.3 is 0 Å². The first kappa shape index (κ1) is 14.9. The van der Waals surface area contributed by atoms with E-state index < -0.39 is 0 Å². The Morgan fingerprint density at radius 1 is 1.10 bits per heavy atom. The molecule has 0 fully saturated rings. The van der Waals surface area contributed by atoms with Gasteiger partial charge < -0.3 is 10.5 Å². The molecule has 20 heavy (non-hydrogen) atoms. The highest BCUT2D eigenvalue weighted by Crippen LogP contribution is 2.33. The van der Waals surface area contributed by atoms with Crippen molar-refractivity contribution < 1.29 is 4.74 Å². The van der Waals surface area contributed by atoms with E-state index in [0.717, 1.165) is 16.9 Å². The number of hydrogen-bond donors (Lipinski definition) is 1. The van der Waals surface area contributed by atoms with Crippen molar-refractivity contribution >= 4 is 11.6 Å². The number of hydrogen-bond acceptors (Lipinski definition) is 2. The van der Waals surface area contributed by atoms with Gasteiger partial charge in [0.1, 0.15) is 5.75 Å². The Labute approximate surface area is 125 Å². The van der Waals surface area contributed by atoms with Crippen LogP contribution in [0.4, 0.5) is 0 Å². The van der Waals surface area contributed by atoms with Crippen molar-refractivity contribution in [1.29, 1.82) is 0 Å². The summed E-state index contributed by atoms with van der Waals surface area (Å²) < 4.78 is 5.65. The average molecular weight is 290 g/mol. The van der Waals surface area contributed by atoms with Crippen molar-refractivity contribution in [2.75, 3.05) is 6.61 Å². The van der Waals surface area contributed by atoms with Gasteiger partial charge in [0, 0.05) is 10.6 Å². The van der Waals surface area contributed by atoms with Crippen LogP contribution in [0.15, 0.2) is 36.4 Å². The van der Waals surface area contributed by atoms with E-state index in [0.29, 0.717) is 11.6 Å². The molecule has 0 aromatic heterocycles. The molecular weight excluding hydrogens is 270 g/mol. The predicted octanol–water partition coefficient (Wildman–Crippen LogP) is 4.40. The summed E-state index contributed by atoms with van der Waals surface area (Å²) in [7, 11) is 0. The molecule has 0 spiro atoms.